The molecule has 0 aliphatic carbocycles. The van der Waals surface area contributed by atoms with Gasteiger partial charge in [-0.25, -0.2) is 0 Å². The number of pyridine rings is 1. The van der Waals surface area contributed by atoms with Crippen LogP contribution in [0.2, 0.25) is 0 Å². The molecule has 1 heterocycles. The van der Waals surface area contributed by atoms with E-state index in [4.69, 9.17) is 14.8 Å². The lowest BCUT2D eigenvalue weighted by Gasteiger charge is -2.22. The zero-order chi connectivity index (χ0) is 29.7. The number of alkyl halides is 3. The number of hydrogen-bond acceptors (Lipinski definition) is 3. The number of carboxylic acids is 1. The Bertz CT molecular complexity index is 1200. The van der Waals surface area contributed by atoms with Crippen molar-refractivity contribution < 1.29 is 27.8 Å². The minimum Gasteiger partial charge on any atom is -0.481 e. The molecule has 1 N–H and O–H groups in total. The summed E-state index contributed by atoms with van der Waals surface area (Å²) >= 11 is 0. The van der Waals surface area contributed by atoms with Crippen LogP contribution in [0.1, 0.15) is 88.8 Å². The van der Waals surface area contributed by atoms with E-state index in [1.807, 2.05) is 48.7 Å². The quantitative estimate of drug-likeness (QED) is 0.164. The molecule has 0 radical (unpaired) electrons. The standard InChI is InChI=1S/C34H42F3NO3/c1-3-4-5-6-10-15-30-19-17-29(24-38-30)32-23-28(18-20-31(32)27-12-8-7-9-13-27)26(14-11-16-33(39)40)21-22-41-25(2)34(35,36)37/h7-9,12-13,17-20,23-26H,3-6,10-11,14-16,21-22H2,1-2H3,(H,39,40). The minimum absolute atomic E-state index is 0.00902. The van der Waals surface area contributed by atoms with E-state index in [-0.39, 0.29) is 18.9 Å². The molecule has 3 rings (SSSR count). The summed E-state index contributed by atoms with van der Waals surface area (Å²) in [5.41, 5.74) is 6.06. The molecule has 0 saturated carbocycles. The molecule has 7 heteroatoms. The van der Waals surface area contributed by atoms with Crippen LogP contribution < -0.4 is 0 Å². The number of nitrogens with zero attached hydrogens (tertiary/aromatic N) is 1. The number of unbranched alkanes of at least 4 members (excludes halogenated alkanes) is 4. The Hall–Kier alpha value is -3.19. The summed E-state index contributed by atoms with van der Waals surface area (Å²) in [5.74, 6) is -1.03. The number of rotatable bonds is 17. The largest absolute Gasteiger partial charge is 0.481 e. The van der Waals surface area contributed by atoms with Crippen LogP contribution >= 0.6 is 0 Å². The highest BCUT2D eigenvalue weighted by molar-refractivity contribution is 5.83. The van der Waals surface area contributed by atoms with Gasteiger partial charge in [-0.3, -0.25) is 9.78 Å². The highest BCUT2D eigenvalue weighted by Gasteiger charge is 2.36. The number of benzene rings is 2. The maximum absolute atomic E-state index is 13.0. The molecular weight excluding hydrogens is 527 g/mol. The van der Waals surface area contributed by atoms with Crippen LogP contribution in [0.3, 0.4) is 0 Å². The molecule has 2 atom stereocenters. The molecule has 41 heavy (non-hydrogen) atoms. The Morgan fingerprint density at radius 2 is 1.66 bits per heavy atom. The van der Waals surface area contributed by atoms with Crippen molar-refractivity contribution in [2.45, 2.75) is 96.3 Å². The van der Waals surface area contributed by atoms with Crippen molar-refractivity contribution in [1.82, 2.24) is 4.98 Å². The Kier molecular flexibility index (Phi) is 12.9. The second-order valence-electron chi connectivity index (χ2n) is 10.7. The molecule has 2 unspecified atom stereocenters. The summed E-state index contributed by atoms with van der Waals surface area (Å²) in [6, 6.07) is 20.3. The predicted molar refractivity (Wildman–Crippen MR) is 158 cm³/mol. The van der Waals surface area contributed by atoms with Crippen molar-refractivity contribution in [3.8, 4) is 22.3 Å². The number of carboxylic acid groups (broad SMARTS) is 1. The van der Waals surface area contributed by atoms with E-state index in [0.717, 1.165) is 53.3 Å². The van der Waals surface area contributed by atoms with E-state index >= 15 is 0 Å². The molecule has 0 bridgehead atoms. The van der Waals surface area contributed by atoms with Gasteiger partial charge < -0.3 is 9.84 Å². The first kappa shape index (κ1) is 32.3. The van der Waals surface area contributed by atoms with E-state index in [1.54, 1.807) is 0 Å². The molecule has 0 saturated heterocycles. The smallest absolute Gasteiger partial charge is 0.414 e. The van der Waals surface area contributed by atoms with E-state index in [1.165, 1.54) is 25.7 Å². The van der Waals surface area contributed by atoms with Gasteiger partial charge in [-0.2, -0.15) is 13.2 Å². The molecule has 1 aromatic heterocycles. The number of aromatic nitrogens is 1. The molecule has 0 amide bonds. The number of ether oxygens (including phenoxy) is 1. The van der Waals surface area contributed by atoms with Crippen LogP contribution in [0.15, 0.2) is 66.9 Å². The topological polar surface area (TPSA) is 59.4 Å². The van der Waals surface area contributed by atoms with Gasteiger partial charge in [-0.15, -0.1) is 0 Å². The van der Waals surface area contributed by atoms with Crippen LogP contribution in [0.25, 0.3) is 22.3 Å². The van der Waals surface area contributed by atoms with Crippen LogP contribution in [0.5, 0.6) is 0 Å². The Labute approximate surface area is 242 Å². The monoisotopic (exact) mass is 569 g/mol. The summed E-state index contributed by atoms with van der Waals surface area (Å²) in [4.78, 5) is 15.9. The van der Waals surface area contributed by atoms with Gasteiger partial charge in [0.15, 0.2) is 6.10 Å². The molecule has 0 aliphatic heterocycles. The van der Waals surface area contributed by atoms with Gasteiger partial charge in [-0.1, -0.05) is 87.2 Å². The molecule has 2 aromatic carbocycles. The Morgan fingerprint density at radius 1 is 0.902 bits per heavy atom. The SMILES string of the molecule is CCCCCCCc1ccc(-c2cc(C(CCCC(=O)O)CCOC(C)C(F)(F)F)ccc2-c2ccccc2)cn1. The molecule has 4 nitrogen and oxygen atoms in total. The highest BCUT2D eigenvalue weighted by atomic mass is 19.4. The zero-order valence-electron chi connectivity index (χ0n) is 24.1. The van der Waals surface area contributed by atoms with Gasteiger partial charge in [-0.05, 0) is 73.3 Å². The maximum Gasteiger partial charge on any atom is 0.414 e. The Morgan fingerprint density at radius 3 is 2.32 bits per heavy atom. The lowest BCUT2D eigenvalue weighted by atomic mass is 9.86. The van der Waals surface area contributed by atoms with Gasteiger partial charge in [0.05, 0.1) is 0 Å². The van der Waals surface area contributed by atoms with Gasteiger partial charge >= 0.3 is 12.1 Å². The van der Waals surface area contributed by atoms with Gasteiger partial charge in [0, 0.05) is 30.5 Å². The van der Waals surface area contributed by atoms with Crippen molar-refractivity contribution in [3.63, 3.8) is 0 Å². The van der Waals surface area contributed by atoms with Crippen molar-refractivity contribution in [1.29, 1.82) is 0 Å². The van der Waals surface area contributed by atoms with Crippen LogP contribution in [0.4, 0.5) is 13.2 Å². The van der Waals surface area contributed by atoms with Crippen molar-refractivity contribution in [3.05, 3.63) is 78.1 Å². The average Bonchev–Trinajstić information content (AvgIpc) is 2.96. The lowest BCUT2D eigenvalue weighted by Crippen LogP contribution is -2.29. The van der Waals surface area contributed by atoms with Crippen LogP contribution in [-0.4, -0.2) is 34.9 Å². The highest BCUT2D eigenvalue weighted by Crippen LogP contribution is 2.37. The fraction of sp³-hybridized carbons (Fsp3) is 0.471. The number of carbonyl (C=O) groups is 1. The lowest BCUT2D eigenvalue weighted by molar-refractivity contribution is -0.214. The third-order valence-electron chi connectivity index (χ3n) is 7.51. The third kappa shape index (κ3) is 10.6. The van der Waals surface area contributed by atoms with Gasteiger partial charge in [0.2, 0.25) is 0 Å². The number of aryl methyl sites for hydroxylation is 1. The summed E-state index contributed by atoms with van der Waals surface area (Å²) < 4.78 is 44.1. The second-order valence-corrected chi connectivity index (χ2v) is 10.7. The first-order valence-corrected chi connectivity index (χ1v) is 14.7. The third-order valence-corrected chi connectivity index (χ3v) is 7.51. The number of aliphatic carboxylic acids is 1. The van der Waals surface area contributed by atoms with Gasteiger partial charge in [0.25, 0.3) is 0 Å². The Balaban J connectivity index is 1.88. The van der Waals surface area contributed by atoms with E-state index in [9.17, 15) is 18.0 Å². The predicted octanol–water partition coefficient (Wildman–Crippen LogP) is 9.62. The molecule has 222 valence electrons. The summed E-state index contributed by atoms with van der Waals surface area (Å²) in [5, 5.41) is 9.15. The summed E-state index contributed by atoms with van der Waals surface area (Å²) in [6.45, 7) is 3.15. The molecule has 0 spiro atoms. The normalized spacial score (nSPS) is 13.2. The van der Waals surface area contributed by atoms with Gasteiger partial charge in [0.1, 0.15) is 0 Å². The summed E-state index contributed by atoms with van der Waals surface area (Å²) in [6.07, 6.45) is 3.95. The maximum atomic E-state index is 13.0. The summed E-state index contributed by atoms with van der Waals surface area (Å²) in [7, 11) is 0. The first-order chi connectivity index (χ1) is 19.7. The number of halogens is 3. The van der Waals surface area contributed by atoms with E-state index in [0.29, 0.717) is 19.3 Å². The minimum atomic E-state index is -4.42. The zero-order valence-corrected chi connectivity index (χ0v) is 24.1. The van der Waals surface area contributed by atoms with Crippen molar-refractivity contribution in [2.75, 3.05) is 6.61 Å². The average molecular weight is 570 g/mol. The fourth-order valence-corrected chi connectivity index (χ4v) is 5.02. The van der Waals surface area contributed by atoms with Crippen molar-refractivity contribution >= 4 is 5.97 Å². The molecular formula is C34H42F3NO3. The van der Waals surface area contributed by atoms with E-state index < -0.39 is 18.2 Å². The fourth-order valence-electron chi connectivity index (χ4n) is 5.02. The second kappa shape index (κ2) is 16.3. The molecule has 3 aromatic rings. The molecule has 0 fully saturated rings. The van der Waals surface area contributed by atoms with Crippen LogP contribution in [0, 0.1) is 0 Å². The van der Waals surface area contributed by atoms with E-state index in [2.05, 4.69) is 25.1 Å². The molecule has 0 aliphatic rings. The van der Waals surface area contributed by atoms with Crippen LogP contribution in [-0.2, 0) is 16.0 Å². The van der Waals surface area contributed by atoms with Crippen molar-refractivity contribution in [2.24, 2.45) is 0 Å². The number of hydrogen-bond donors (Lipinski definition) is 1. The first-order valence-electron chi connectivity index (χ1n) is 14.7.